The second kappa shape index (κ2) is 6.95. The molecule has 98 valence electrons. The van der Waals surface area contributed by atoms with Crippen molar-refractivity contribution in [1.29, 1.82) is 0 Å². The maximum atomic E-state index is 11.9. The van der Waals surface area contributed by atoms with Gasteiger partial charge in [-0.05, 0) is 30.7 Å². The van der Waals surface area contributed by atoms with Gasteiger partial charge in [0.05, 0.1) is 0 Å². The molecule has 0 heterocycles. The predicted octanol–water partition coefficient (Wildman–Crippen LogP) is 4.52. The van der Waals surface area contributed by atoms with Crippen LogP contribution in [0.5, 0.6) is 5.75 Å². The Kier molecular flexibility index (Phi) is 5.57. The number of hydrogen-bond acceptors (Lipinski definition) is 1. The first-order valence-corrected chi connectivity index (χ1v) is 5.86. The SMILES string of the molecule is CCCCCC#Cc1ccc(OC(F)(F)F)cc1. The van der Waals surface area contributed by atoms with Crippen molar-refractivity contribution in [2.75, 3.05) is 0 Å². The molecule has 0 radical (unpaired) electrons. The lowest BCUT2D eigenvalue weighted by Crippen LogP contribution is -2.16. The molecule has 1 rings (SSSR count). The summed E-state index contributed by atoms with van der Waals surface area (Å²) in [6.45, 7) is 2.12. The lowest BCUT2D eigenvalue weighted by Gasteiger charge is -2.07. The number of unbranched alkanes of at least 4 members (excludes halogenated alkanes) is 3. The van der Waals surface area contributed by atoms with Crippen LogP contribution in [0.4, 0.5) is 13.2 Å². The maximum Gasteiger partial charge on any atom is 0.573 e. The Balaban J connectivity index is 2.50. The molecule has 0 unspecified atom stereocenters. The molecule has 0 bridgehead atoms. The molecule has 0 atom stereocenters. The molecule has 0 N–H and O–H groups in total. The highest BCUT2D eigenvalue weighted by Crippen LogP contribution is 2.22. The monoisotopic (exact) mass is 256 g/mol. The molecule has 4 heteroatoms. The van der Waals surface area contributed by atoms with E-state index in [1.807, 2.05) is 0 Å². The number of halogens is 3. The first-order valence-electron chi connectivity index (χ1n) is 5.86. The highest BCUT2D eigenvalue weighted by Gasteiger charge is 2.30. The van der Waals surface area contributed by atoms with Crippen molar-refractivity contribution >= 4 is 0 Å². The van der Waals surface area contributed by atoms with E-state index >= 15 is 0 Å². The summed E-state index contributed by atoms with van der Waals surface area (Å²) < 4.78 is 39.5. The molecule has 1 nitrogen and oxygen atoms in total. The van der Waals surface area contributed by atoms with Gasteiger partial charge in [0.2, 0.25) is 0 Å². The van der Waals surface area contributed by atoms with Crippen molar-refractivity contribution in [1.82, 2.24) is 0 Å². The second-order valence-corrected chi connectivity index (χ2v) is 3.83. The summed E-state index contributed by atoms with van der Waals surface area (Å²) in [5, 5.41) is 0. The van der Waals surface area contributed by atoms with Crippen molar-refractivity contribution in [2.24, 2.45) is 0 Å². The fourth-order valence-corrected chi connectivity index (χ4v) is 1.37. The van der Waals surface area contributed by atoms with Gasteiger partial charge >= 0.3 is 6.36 Å². The van der Waals surface area contributed by atoms with E-state index in [2.05, 4.69) is 23.5 Å². The van der Waals surface area contributed by atoms with E-state index in [1.165, 1.54) is 24.3 Å². The van der Waals surface area contributed by atoms with Gasteiger partial charge < -0.3 is 4.74 Å². The van der Waals surface area contributed by atoms with E-state index in [4.69, 9.17) is 0 Å². The second-order valence-electron chi connectivity index (χ2n) is 3.83. The van der Waals surface area contributed by atoms with Crippen molar-refractivity contribution in [3.05, 3.63) is 29.8 Å². The van der Waals surface area contributed by atoms with Crippen molar-refractivity contribution in [2.45, 2.75) is 39.0 Å². The molecule has 0 amide bonds. The topological polar surface area (TPSA) is 9.23 Å². The lowest BCUT2D eigenvalue weighted by molar-refractivity contribution is -0.274. The smallest absolute Gasteiger partial charge is 0.406 e. The van der Waals surface area contributed by atoms with Crippen LogP contribution < -0.4 is 4.74 Å². The van der Waals surface area contributed by atoms with Crippen LogP contribution in [0.1, 0.15) is 38.2 Å². The van der Waals surface area contributed by atoms with Crippen LogP contribution in [0.15, 0.2) is 24.3 Å². The summed E-state index contributed by atoms with van der Waals surface area (Å²) >= 11 is 0. The van der Waals surface area contributed by atoms with Gasteiger partial charge in [0.1, 0.15) is 5.75 Å². The summed E-state index contributed by atoms with van der Waals surface area (Å²) in [4.78, 5) is 0. The Morgan fingerprint density at radius 3 is 2.33 bits per heavy atom. The maximum absolute atomic E-state index is 11.9. The molecule has 0 aliphatic heterocycles. The predicted molar refractivity (Wildman–Crippen MR) is 64.1 cm³/mol. The van der Waals surface area contributed by atoms with Gasteiger partial charge in [0.25, 0.3) is 0 Å². The van der Waals surface area contributed by atoms with Gasteiger partial charge in [-0.25, -0.2) is 0 Å². The molecular weight excluding hydrogens is 241 g/mol. The third-order valence-corrected chi connectivity index (χ3v) is 2.23. The van der Waals surface area contributed by atoms with Crippen LogP contribution in [0.2, 0.25) is 0 Å². The summed E-state index contributed by atoms with van der Waals surface area (Å²) in [7, 11) is 0. The summed E-state index contributed by atoms with van der Waals surface area (Å²) in [5.41, 5.74) is 0.695. The molecule has 1 aromatic carbocycles. The minimum atomic E-state index is -4.65. The van der Waals surface area contributed by atoms with E-state index < -0.39 is 6.36 Å². The van der Waals surface area contributed by atoms with Gasteiger partial charge in [-0.3, -0.25) is 0 Å². The summed E-state index contributed by atoms with van der Waals surface area (Å²) in [5.74, 6) is 5.67. The largest absolute Gasteiger partial charge is 0.573 e. The van der Waals surface area contributed by atoms with Gasteiger partial charge in [-0.15, -0.1) is 13.2 Å². The fraction of sp³-hybridized carbons (Fsp3) is 0.429. The van der Waals surface area contributed by atoms with Crippen molar-refractivity contribution < 1.29 is 17.9 Å². The Morgan fingerprint density at radius 2 is 1.78 bits per heavy atom. The number of alkyl halides is 3. The number of benzene rings is 1. The average Bonchev–Trinajstić information content (AvgIpc) is 2.29. The first kappa shape index (κ1) is 14.4. The molecular formula is C14H15F3O. The van der Waals surface area contributed by atoms with Gasteiger partial charge in [-0.2, -0.15) is 0 Å². The van der Waals surface area contributed by atoms with Crippen molar-refractivity contribution in [3.63, 3.8) is 0 Å². The normalized spacial score (nSPS) is 10.7. The van der Waals surface area contributed by atoms with Crippen LogP contribution in [-0.4, -0.2) is 6.36 Å². The zero-order valence-corrected chi connectivity index (χ0v) is 10.2. The molecule has 1 aromatic rings. The number of ether oxygens (including phenoxy) is 1. The zero-order valence-electron chi connectivity index (χ0n) is 10.2. The Bertz CT molecular complexity index is 409. The standard InChI is InChI=1S/C14H15F3O/c1-2-3-4-5-6-7-12-8-10-13(11-9-12)18-14(15,16)17/h8-11H,2-5H2,1H3. The molecule has 0 saturated heterocycles. The molecule has 0 aliphatic rings. The van der Waals surface area contributed by atoms with E-state index in [9.17, 15) is 13.2 Å². The Hall–Kier alpha value is -1.63. The minimum Gasteiger partial charge on any atom is -0.406 e. The Morgan fingerprint density at radius 1 is 1.11 bits per heavy atom. The fourth-order valence-electron chi connectivity index (χ4n) is 1.37. The van der Waals surface area contributed by atoms with Crippen molar-refractivity contribution in [3.8, 4) is 17.6 Å². The van der Waals surface area contributed by atoms with Crippen LogP contribution in [0, 0.1) is 11.8 Å². The highest BCUT2D eigenvalue weighted by atomic mass is 19.4. The zero-order chi connectivity index (χ0) is 13.4. The first-order chi connectivity index (χ1) is 8.51. The third-order valence-electron chi connectivity index (χ3n) is 2.23. The molecule has 0 fully saturated rings. The van der Waals surface area contributed by atoms with Crippen LogP contribution in [-0.2, 0) is 0 Å². The minimum absolute atomic E-state index is 0.223. The Labute approximate surface area is 105 Å². The molecule has 0 saturated carbocycles. The van der Waals surface area contributed by atoms with E-state index in [0.29, 0.717) is 5.56 Å². The third kappa shape index (κ3) is 6.19. The molecule has 0 aliphatic carbocycles. The number of hydrogen-bond donors (Lipinski definition) is 0. The van der Waals surface area contributed by atoms with E-state index in [-0.39, 0.29) is 5.75 Å². The highest BCUT2D eigenvalue weighted by molar-refractivity contribution is 5.38. The van der Waals surface area contributed by atoms with Crippen LogP contribution in [0.25, 0.3) is 0 Å². The molecule has 0 aromatic heterocycles. The lowest BCUT2D eigenvalue weighted by atomic mass is 10.2. The summed E-state index contributed by atoms with van der Waals surface area (Å²) in [6, 6.07) is 5.58. The number of rotatable bonds is 4. The summed E-state index contributed by atoms with van der Waals surface area (Å²) in [6.07, 6.45) is -0.487. The van der Waals surface area contributed by atoms with Gasteiger partial charge in [0, 0.05) is 12.0 Å². The quantitative estimate of drug-likeness (QED) is 0.568. The van der Waals surface area contributed by atoms with E-state index in [1.54, 1.807) is 0 Å². The average molecular weight is 256 g/mol. The van der Waals surface area contributed by atoms with Gasteiger partial charge in [0.15, 0.2) is 0 Å². The van der Waals surface area contributed by atoms with Gasteiger partial charge in [-0.1, -0.05) is 31.6 Å². The molecule has 0 spiro atoms. The van der Waals surface area contributed by atoms with Crippen LogP contribution in [0.3, 0.4) is 0 Å². The van der Waals surface area contributed by atoms with E-state index in [0.717, 1.165) is 25.7 Å². The van der Waals surface area contributed by atoms with Crippen LogP contribution >= 0.6 is 0 Å². The molecule has 18 heavy (non-hydrogen) atoms.